The Kier molecular flexibility index (Phi) is 5.49. The molecule has 2 aliphatic heterocycles. The zero-order valence-corrected chi connectivity index (χ0v) is 16.1. The van der Waals surface area contributed by atoms with Crippen LogP contribution >= 0.6 is 0 Å². The van der Waals surface area contributed by atoms with Gasteiger partial charge in [0.1, 0.15) is 11.5 Å². The van der Waals surface area contributed by atoms with Gasteiger partial charge in [-0.25, -0.2) is 0 Å². The van der Waals surface area contributed by atoms with E-state index in [1.54, 1.807) is 0 Å². The average Bonchev–Trinajstić information content (AvgIpc) is 3.14. The molecule has 1 atom stereocenters. The highest BCUT2D eigenvalue weighted by Crippen LogP contribution is 2.43. The predicted octanol–water partition coefficient (Wildman–Crippen LogP) is 2.14. The summed E-state index contributed by atoms with van der Waals surface area (Å²) in [5, 5.41) is 4.02. The fourth-order valence-corrected chi connectivity index (χ4v) is 4.43. The van der Waals surface area contributed by atoms with Crippen molar-refractivity contribution in [1.29, 1.82) is 0 Å². The fraction of sp³-hybridized carbons (Fsp3) is 0.789. The Hall–Kier alpha value is -1.40. The molecule has 1 unspecified atom stereocenters. The molecule has 140 valence electrons. The zero-order valence-electron chi connectivity index (χ0n) is 16.1. The molecule has 0 saturated carbocycles. The van der Waals surface area contributed by atoms with Crippen LogP contribution in [-0.2, 0) is 11.3 Å². The SMILES string of the molecule is CCCN1CC2(CCN(C)CC2)CC1C(=O)N(C)Cc1cc(C)on1. The lowest BCUT2D eigenvalue weighted by Crippen LogP contribution is -2.44. The van der Waals surface area contributed by atoms with Gasteiger partial charge in [-0.3, -0.25) is 9.69 Å². The third kappa shape index (κ3) is 4.06. The molecular weight excluding hydrogens is 316 g/mol. The van der Waals surface area contributed by atoms with Crippen LogP contribution < -0.4 is 0 Å². The van der Waals surface area contributed by atoms with Crippen LogP contribution in [0.3, 0.4) is 0 Å². The first-order valence-corrected chi connectivity index (χ1v) is 9.52. The number of piperidine rings is 1. The van der Waals surface area contributed by atoms with Crippen molar-refractivity contribution in [1.82, 2.24) is 19.9 Å². The van der Waals surface area contributed by atoms with Gasteiger partial charge in [0.2, 0.25) is 5.91 Å². The lowest BCUT2D eigenvalue weighted by Gasteiger charge is -2.37. The van der Waals surface area contributed by atoms with Crippen LogP contribution in [0.4, 0.5) is 0 Å². The minimum Gasteiger partial charge on any atom is -0.361 e. The first-order valence-electron chi connectivity index (χ1n) is 9.52. The van der Waals surface area contributed by atoms with Gasteiger partial charge in [0.15, 0.2) is 0 Å². The van der Waals surface area contributed by atoms with E-state index < -0.39 is 0 Å². The van der Waals surface area contributed by atoms with Crippen molar-refractivity contribution < 1.29 is 9.32 Å². The van der Waals surface area contributed by atoms with Gasteiger partial charge in [-0.05, 0) is 64.7 Å². The summed E-state index contributed by atoms with van der Waals surface area (Å²) in [4.78, 5) is 19.8. The van der Waals surface area contributed by atoms with E-state index in [2.05, 4.69) is 28.9 Å². The summed E-state index contributed by atoms with van der Waals surface area (Å²) in [6.45, 7) is 8.96. The third-order valence-corrected chi connectivity index (χ3v) is 5.90. The second kappa shape index (κ2) is 7.46. The Bertz CT molecular complexity index is 592. The standard InChI is InChI=1S/C19H32N4O2/c1-5-8-23-14-19(6-9-21(3)10-7-19)12-17(23)18(24)22(4)13-16-11-15(2)25-20-16/h11,17H,5-10,12-14H2,1-4H3. The van der Waals surface area contributed by atoms with E-state index in [1.165, 1.54) is 12.8 Å². The maximum Gasteiger partial charge on any atom is 0.240 e. The minimum atomic E-state index is 0.0151. The van der Waals surface area contributed by atoms with Crippen LogP contribution in [0.5, 0.6) is 0 Å². The van der Waals surface area contributed by atoms with E-state index >= 15 is 0 Å². The van der Waals surface area contributed by atoms with E-state index in [4.69, 9.17) is 4.52 Å². The number of likely N-dealkylation sites (tertiary alicyclic amines) is 2. The molecule has 6 heteroatoms. The molecule has 6 nitrogen and oxygen atoms in total. The van der Waals surface area contributed by atoms with Crippen molar-refractivity contribution in [3.05, 3.63) is 17.5 Å². The molecule has 1 spiro atoms. The van der Waals surface area contributed by atoms with Gasteiger partial charge in [-0.2, -0.15) is 0 Å². The van der Waals surface area contributed by atoms with Crippen molar-refractivity contribution in [3.8, 4) is 0 Å². The predicted molar refractivity (Wildman–Crippen MR) is 97.1 cm³/mol. The van der Waals surface area contributed by atoms with Gasteiger partial charge < -0.3 is 14.3 Å². The maximum absolute atomic E-state index is 13.1. The summed E-state index contributed by atoms with van der Waals surface area (Å²) in [6, 6.07) is 1.92. The largest absolute Gasteiger partial charge is 0.361 e. The van der Waals surface area contributed by atoms with E-state index in [1.807, 2.05) is 24.9 Å². The smallest absolute Gasteiger partial charge is 0.240 e. The van der Waals surface area contributed by atoms with Gasteiger partial charge in [0.25, 0.3) is 0 Å². The summed E-state index contributed by atoms with van der Waals surface area (Å²) in [7, 11) is 4.08. The quantitative estimate of drug-likeness (QED) is 0.816. The molecule has 0 aromatic carbocycles. The molecule has 2 aliphatic rings. The number of carbonyl (C=O) groups excluding carboxylic acids is 1. The maximum atomic E-state index is 13.1. The van der Waals surface area contributed by atoms with Crippen LogP contribution in [0.15, 0.2) is 10.6 Å². The van der Waals surface area contributed by atoms with Crippen LogP contribution in [0.25, 0.3) is 0 Å². The molecule has 25 heavy (non-hydrogen) atoms. The van der Waals surface area contributed by atoms with Crippen LogP contribution in [0, 0.1) is 12.3 Å². The topological polar surface area (TPSA) is 52.8 Å². The molecular formula is C19H32N4O2. The van der Waals surface area contributed by atoms with Crippen molar-refractivity contribution in [2.45, 2.75) is 52.1 Å². The van der Waals surface area contributed by atoms with Crippen LogP contribution in [-0.4, -0.2) is 72.1 Å². The second-order valence-corrected chi connectivity index (χ2v) is 8.12. The Labute approximate surface area is 151 Å². The van der Waals surface area contributed by atoms with Gasteiger partial charge in [0.05, 0.1) is 12.6 Å². The Balaban J connectivity index is 1.68. The number of rotatable bonds is 5. The van der Waals surface area contributed by atoms with Gasteiger partial charge >= 0.3 is 0 Å². The number of hydrogen-bond donors (Lipinski definition) is 0. The summed E-state index contributed by atoms with van der Waals surface area (Å²) >= 11 is 0. The lowest BCUT2D eigenvalue weighted by atomic mass is 9.76. The zero-order chi connectivity index (χ0) is 18.0. The summed E-state index contributed by atoms with van der Waals surface area (Å²) < 4.78 is 5.13. The van der Waals surface area contributed by atoms with Gasteiger partial charge in [-0.1, -0.05) is 12.1 Å². The van der Waals surface area contributed by atoms with Crippen LogP contribution in [0.1, 0.15) is 44.1 Å². The van der Waals surface area contributed by atoms with Gasteiger partial charge in [-0.15, -0.1) is 0 Å². The number of aromatic nitrogens is 1. The second-order valence-electron chi connectivity index (χ2n) is 8.12. The van der Waals surface area contributed by atoms with Crippen molar-refractivity contribution in [2.75, 3.05) is 40.3 Å². The number of aryl methyl sites for hydroxylation is 1. The summed E-state index contributed by atoms with van der Waals surface area (Å²) in [5.74, 6) is 1.01. The Morgan fingerprint density at radius 3 is 2.76 bits per heavy atom. The molecule has 0 N–H and O–H groups in total. The van der Waals surface area contributed by atoms with Crippen molar-refractivity contribution in [3.63, 3.8) is 0 Å². The molecule has 2 saturated heterocycles. The number of likely N-dealkylation sites (N-methyl/N-ethyl adjacent to an activating group) is 1. The average molecular weight is 348 g/mol. The monoisotopic (exact) mass is 348 g/mol. The molecule has 3 rings (SSSR count). The van der Waals surface area contributed by atoms with E-state index in [9.17, 15) is 4.79 Å². The first-order chi connectivity index (χ1) is 11.9. The number of carbonyl (C=O) groups is 1. The normalized spacial score (nSPS) is 24.1. The van der Waals surface area contributed by atoms with Gasteiger partial charge in [0, 0.05) is 19.7 Å². The Morgan fingerprint density at radius 1 is 1.44 bits per heavy atom. The first kappa shape index (κ1) is 18.4. The van der Waals surface area contributed by atoms with Crippen LogP contribution in [0.2, 0.25) is 0 Å². The molecule has 0 radical (unpaired) electrons. The Morgan fingerprint density at radius 2 is 2.16 bits per heavy atom. The molecule has 1 amide bonds. The molecule has 0 aliphatic carbocycles. The summed E-state index contributed by atoms with van der Waals surface area (Å²) in [6.07, 6.45) is 4.51. The summed E-state index contributed by atoms with van der Waals surface area (Å²) in [5.41, 5.74) is 1.15. The highest BCUT2D eigenvalue weighted by Gasteiger charge is 2.47. The third-order valence-electron chi connectivity index (χ3n) is 5.90. The number of hydrogen-bond acceptors (Lipinski definition) is 5. The molecule has 2 fully saturated rings. The fourth-order valence-electron chi connectivity index (χ4n) is 4.43. The van der Waals surface area contributed by atoms with E-state index in [0.717, 1.165) is 50.5 Å². The number of nitrogens with zero attached hydrogens (tertiary/aromatic N) is 4. The molecule has 1 aromatic heterocycles. The number of amides is 1. The molecule has 3 heterocycles. The van der Waals surface area contributed by atoms with Crippen molar-refractivity contribution in [2.24, 2.45) is 5.41 Å². The highest BCUT2D eigenvalue weighted by atomic mass is 16.5. The lowest BCUT2D eigenvalue weighted by molar-refractivity contribution is -0.135. The molecule has 0 bridgehead atoms. The minimum absolute atomic E-state index is 0.0151. The highest BCUT2D eigenvalue weighted by molar-refractivity contribution is 5.82. The van der Waals surface area contributed by atoms with Crippen molar-refractivity contribution >= 4 is 5.91 Å². The molecule has 1 aromatic rings. The van der Waals surface area contributed by atoms with E-state index in [-0.39, 0.29) is 11.9 Å². The van der Waals surface area contributed by atoms with E-state index in [0.29, 0.717) is 12.0 Å².